The zero-order valence-electron chi connectivity index (χ0n) is 14.3. The summed E-state index contributed by atoms with van der Waals surface area (Å²) < 4.78 is 0.600. The zero-order valence-corrected chi connectivity index (χ0v) is 17.5. The first-order valence-electron chi connectivity index (χ1n) is 7.92. The van der Waals surface area contributed by atoms with Crippen LogP contribution in [-0.2, 0) is 9.59 Å². The van der Waals surface area contributed by atoms with E-state index in [0.717, 1.165) is 16.7 Å². The van der Waals surface area contributed by atoms with Crippen molar-refractivity contribution in [2.24, 2.45) is 0 Å². The number of aromatic nitrogens is 2. The summed E-state index contributed by atoms with van der Waals surface area (Å²) in [5.74, 6) is -0.497. The van der Waals surface area contributed by atoms with Crippen LogP contribution in [-0.4, -0.2) is 51.0 Å². The fourth-order valence-electron chi connectivity index (χ4n) is 2.19. The van der Waals surface area contributed by atoms with Crippen molar-refractivity contribution in [3.05, 3.63) is 39.8 Å². The molecule has 3 rings (SSSR count). The SMILES string of the molecule is Nc1nnc(SCC(=O)NCCN2C(=O)S/C(=C\c3ccccc3Cl)C2=O)s1. The second-order valence-corrected chi connectivity index (χ2v) is 9.03. The summed E-state index contributed by atoms with van der Waals surface area (Å²) in [5.41, 5.74) is 6.14. The highest BCUT2D eigenvalue weighted by Crippen LogP contribution is 2.33. The first kappa shape index (κ1) is 20.6. The number of carbonyl (C=O) groups is 3. The number of carbonyl (C=O) groups excluding carboxylic acids is 3. The van der Waals surface area contributed by atoms with Crippen LogP contribution >= 0.6 is 46.5 Å². The molecule has 0 radical (unpaired) electrons. The molecule has 1 aliphatic rings. The van der Waals surface area contributed by atoms with Crippen LogP contribution in [0.15, 0.2) is 33.5 Å². The van der Waals surface area contributed by atoms with Gasteiger partial charge in [-0.3, -0.25) is 19.3 Å². The minimum atomic E-state index is -0.400. The van der Waals surface area contributed by atoms with E-state index < -0.39 is 5.91 Å². The van der Waals surface area contributed by atoms with Gasteiger partial charge in [-0.05, 0) is 29.5 Å². The zero-order chi connectivity index (χ0) is 20.1. The van der Waals surface area contributed by atoms with Crippen molar-refractivity contribution in [1.82, 2.24) is 20.4 Å². The Balaban J connectivity index is 1.49. The van der Waals surface area contributed by atoms with E-state index >= 15 is 0 Å². The lowest BCUT2D eigenvalue weighted by Crippen LogP contribution is -2.37. The smallest absolute Gasteiger partial charge is 0.293 e. The molecule has 3 N–H and O–H groups in total. The van der Waals surface area contributed by atoms with Crippen LogP contribution in [0.4, 0.5) is 9.93 Å². The number of thioether (sulfide) groups is 2. The number of benzene rings is 1. The van der Waals surface area contributed by atoms with E-state index in [1.165, 1.54) is 23.1 Å². The lowest BCUT2D eigenvalue weighted by Gasteiger charge is -2.12. The molecule has 0 spiro atoms. The molecule has 0 saturated carbocycles. The summed E-state index contributed by atoms with van der Waals surface area (Å²) in [6.45, 7) is 0.252. The lowest BCUT2D eigenvalue weighted by atomic mass is 10.2. The second-order valence-electron chi connectivity index (χ2n) is 5.40. The number of nitrogens with two attached hydrogens (primary N) is 1. The molecule has 0 aliphatic carbocycles. The lowest BCUT2D eigenvalue weighted by molar-refractivity contribution is -0.123. The van der Waals surface area contributed by atoms with Crippen molar-refractivity contribution in [3.63, 3.8) is 0 Å². The van der Waals surface area contributed by atoms with Gasteiger partial charge in [0.05, 0.1) is 10.7 Å². The molecular weight excluding hydrogens is 442 g/mol. The topological polar surface area (TPSA) is 118 Å². The maximum atomic E-state index is 12.5. The van der Waals surface area contributed by atoms with Crippen molar-refractivity contribution in [3.8, 4) is 0 Å². The van der Waals surface area contributed by atoms with E-state index in [1.807, 2.05) is 0 Å². The molecule has 2 aromatic rings. The van der Waals surface area contributed by atoms with E-state index in [4.69, 9.17) is 17.3 Å². The Kier molecular flexibility index (Phi) is 6.94. The van der Waals surface area contributed by atoms with E-state index in [0.29, 0.717) is 25.0 Å². The molecule has 0 bridgehead atoms. The Morgan fingerprint density at radius 2 is 2.11 bits per heavy atom. The fourth-order valence-corrected chi connectivity index (χ4v) is 4.70. The summed E-state index contributed by atoms with van der Waals surface area (Å²) in [7, 11) is 0. The van der Waals surface area contributed by atoms with Crippen LogP contribution in [0.25, 0.3) is 6.08 Å². The normalized spacial score (nSPS) is 15.5. The van der Waals surface area contributed by atoms with Gasteiger partial charge >= 0.3 is 0 Å². The van der Waals surface area contributed by atoms with Gasteiger partial charge in [0.1, 0.15) is 0 Å². The summed E-state index contributed by atoms with van der Waals surface area (Å²) in [4.78, 5) is 37.8. The average Bonchev–Trinajstić information content (AvgIpc) is 3.19. The molecule has 0 atom stereocenters. The molecule has 3 amide bonds. The third-order valence-corrected chi connectivity index (χ3v) is 6.61. The number of nitrogen functional groups attached to an aromatic ring is 1. The maximum absolute atomic E-state index is 12.5. The van der Waals surface area contributed by atoms with Crippen molar-refractivity contribution in [1.29, 1.82) is 0 Å². The maximum Gasteiger partial charge on any atom is 0.293 e. The Morgan fingerprint density at radius 1 is 1.32 bits per heavy atom. The number of amides is 3. The van der Waals surface area contributed by atoms with Crippen LogP contribution in [0.3, 0.4) is 0 Å². The molecule has 1 fully saturated rings. The van der Waals surface area contributed by atoms with Gasteiger partial charge in [-0.2, -0.15) is 0 Å². The predicted molar refractivity (Wildman–Crippen MR) is 112 cm³/mol. The quantitative estimate of drug-likeness (QED) is 0.483. The molecule has 1 aromatic carbocycles. The van der Waals surface area contributed by atoms with Gasteiger partial charge in [0.2, 0.25) is 11.0 Å². The van der Waals surface area contributed by atoms with Gasteiger partial charge in [0.15, 0.2) is 4.34 Å². The Labute approximate surface area is 177 Å². The first-order chi connectivity index (χ1) is 13.4. The molecule has 1 saturated heterocycles. The molecule has 1 aromatic heterocycles. The summed E-state index contributed by atoms with van der Waals surface area (Å²) in [6, 6.07) is 7.05. The van der Waals surface area contributed by atoms with Crippen molar-refractivity contribution in [2.75, 3.05) is 24.6 Å². The molecule has 8 nitrogen and oxygen atoms in total. The van der Waals surface area contributed by atoms with Crippen molar-refractivity contribution in [2.45, 2.75) is 4.34 Å². The van der Waals surface area contributed by atoms with E-state index in [-0.39, 0.29) is 30.0 Å². The third-order valence-electron chi connectivity index (χ3n) is 3.47. The van der Waals surface area contributed by atoms with Crippen molar-refractivity contribution >= 4 is 74.7 Å². The summed E-state index contributed by atoms with van der Waals surface area (Å²) >= 11 is 9.36. The number of nitrogens with zero attached hydrogens (tertiary/aromatic N) is 3. The predicted octanol–water partition coefficient (Wildman–Crippen LogP) is 2.72. The average molecular weight is 456 g/mol. The van der Waals surface area contributed by atoms with Crippen LogP contribution in [0.2, 0.25) is 5.02 Å². The second kappa shape index (κ2) is 9.41. The summed E-state index contributed by atoms with van der Waals surface area (Å²) in [5, 5.41) is 10.6. The van der Waals surface area contributed by atoms with E-state index in [2.05, 4.69) is 15.5 Å². The highest BCUT2D eigenvalue weighted by atomic mass is 35.5. The van der Waals surface area contributed by atoms with Crippen molar-refractivity contribution < 1.29 is 14.4 Å². The minimum absolute atomic E-state index is 0.0900. The number of anilines is 1. The van der Waals surface area contributed by atoms with Crippen LogP contribution in [0.1, 0.15) is 5.56 Å². The number of halogens is 1. The molecule has 1 aliphatic heterocycles. The highest BCUT2D eigenvalue weighted by Gasteiger charge is 2.34. The van der Waals surface area contributed by atoms with Crippen LogP contribution in [0, 0.1) is 0 Å². The number of rotatable bonds is 7. The monoisotopic (exact) mass is 455 g/mol. The Hall–Kier alpha value is -2.08. The molecule has 28 heavy (non-hydrogen) atoms. The van der Waals surface area contributed by atoms with Gasteiger partial charge in [-0.15, -0.1) is 10.2 Å². The molecular formula is C16H14ClN5O3S3. The van der Waals surface area contributed by atoms with E-state index in [1.54, 1.807) is 30.3 Å². The third kappa shape index (κ3) is 5.25. The minimum Gasteiger partial charge on any atom is -0.374 e. The number of imide groups is 1. The fraction of sp³-hybridized carbons (Fsp3) is 0.188. The Morgan fingerprint density at radius 3 is 2.82 bits per heavy atom. The Bertz CT molecular complexity index is 949. The molecule has 2 heterocycles. The number of nitrogens with one attached hydrogen (secondary N) is 1. The van der Waals surface area contributed by atoms with Crippen LogP contribution < -0.4 is 11.1 Å². The largest absolute Gasteiger partial charge is 0.374 e. The number of hydrogen-bond acceptors (Lipinski definition) is 9. The standard InChI is InChI=1S/C16H14ClN5O3S3/c17-10-4-2-1-3-9(10)7-11-13(24)22(16(25)27-11)6-5-19-12(23)8-26-15-21-20-14(18)28-15/h1-4,7H,5-6,8H2,(H2,18,20)(H,19,23)/b11-7-. The molecule has 12 heteroatoms. The van der Waals surface area contributed by atoms with Gasteiger partial charge in [-0.25, -0.2) is 0 Å². The van der Waals surface area contributed by atoms with Gasteiger partial charge in [0.25, 0.3) is 11.1 Å². The molecule has 146 valence electrons. The van der Waals surface area contributed by atoms with E-state index in [9.17, 15) is 14.4 Å². The first-order valence-corrected chi connectivity index (χ1v) is 10.9. The highest BCUT2D eigenvalue weighted by molar-refractivity contribution is 8.18. The van der Waals surface area contributed by atoms with Gasteiger partial charge in [0, 0.05) is 18.1 Å². The summed E-state index contributed by atoms with van der Waals surface area (Å²) in [6.07, 6.45) is 1.59. The van der Waals surface area contributed by atoms with Crippen LogP contribution in [0.5, 0.6) is 0 Å². The van der Waals surface area contributed by atoms with Gasteiger partial charge in [-0.1, -0.05) is 52.9 Å². The number of hydrogen-bond donors (Lipinski definition) is 2. The molecule has 0 unspecified atom stereocenters. The van der Waals surface area contributed by atoms with Gasteiger partial charge < -0.3 is 11.1 Å².